The minimum Gasteiger partial charge on any atom is -0.494 e. The number of azide groups is 1. The lowest BCUT2D eigenvalue weighted by Gasteiger charge is -2.31. The minimum atomic E-state index is -1.89. The van der Waals surface area contributed by atoms with Crippen LogP contribution in [0.2, 0.25) is 0 Å². The smallest absolute Gasteiger partial charge is 0.407 e. The summed E-state index contributed by atoms with van der Waals surface area (Å²) in [4.78, 5) is 60.0. The Hall–Kier alpha value is -5.58. The summed E-state index contributed by atoms with van der Waals surface area (Å²) in [5, 5.41) is 21.3. The molecule has 2 amide bonds. The van der Waals surface area contributed by atoms with Gasteiger partial charge < -0.3 is 77.1 Å². The van der Waals surface area contributed by atoms with Gasteiger partial charge >= 0.3 is 12.1 Å². The summed E-state index contributed by atoms with van der Waals surface area (Å²) in [6.07, 6.45) is 1.02. The van der Waals surface area contributed by atoms with Gasteiger partial charge in [0, 0.05) is 57.1 Å². The summed E-state index contributed by atoms with van der Waals surface area (Å²) in [6, 6.07) is 15.2. The molecule has 0 saturated heterocycles. The zero-order valence-electron chi connectivity index (χ0n) is 48.7. The molecule has 462 valence electrons. The van der Waals surface area contributed by atoms with E-state index >= 15 is 0 Å². The van der Waals surface area contributed by atoms with Gasteiger partial charge in [0.05, 0.1) is 155 Å². The summed E-state index contributed by atoms with van der Waals surface area (Å²) < 4.78 is 67.3. The maximum atomic E-state index is 13.7. The second kappa shape index (κ2) is 37.1. The van der Waals surface area contributed by atoms with E-state index in [1.165, 1.54) is 0 Å². The number of carbonyl (C=O) groups is 3. The van der Waals surface area contributed by atoms with Gasteiger partial charge in [-0.3, -0.25) is 9.59 Å². The molecule has 0 spiro atoms. The number of amides is 2. The van der Waals surface area contributed by atoms with Crippen LogP contribution in [0.1, 0.15) is 74.8 Å². The molecule has 2 aromatic carbocycles. The van der Waals surface area contributed by atoms with E-state index < -0.39 is 17.7 Å². The highest BCUT2D eigenvalue weighted by atomic mass is 33.1. The molecule has 0 unspecified atom stereocenters. The molecule has 0 fully saturated rings. The van der Waals surface area contributed by atoms with Crippen molar-refractivity contribution in [3.8, 4) is 17.1 Å². The molecule has 2 aliphatic rings. The molecule has 2 aromatic heterocycles. The van der Waals surface area contributed by atoms with Gasteiger partial charge in [0.1, 0.15) is 19.0 Å². The molecular formula is C58H81N7O17S2. The Bertz CT molecular complexity index is 2800. The number of aliphatic hydroxyl groups is 1. The third-order valence-corrected chi connectivity index (χ3v) is 16.5. The predicted octanol–water partition coefficient (Wildman–Crippen LogP) is 6.82. The first-order chi connectivity index (χ1) is 40.9. The van der Waals surface area contributed by atoms with E-state index in [4.69, 9.17) is 67.4 Å². The van der Waals surface area contributed by atoms with Crippen molar-refractivity contribution in [3.05, 3.63) is 97.1 Å². The van der Waals surface area contributed by atoms with Crippen LogP contribution in [0, 0.1) is 0 Å². The summed E-state index contributed by atoms with van der Waals surface area (Å²) >= 11 is 0. The van der Waals surface area contributed by atoms with Crippen molar-refractivity contribution in [2.24, 2.45) is 5.11 Å². The van der Waals surface area contributed by atoms with Crippen LogP contribution in [-0.4, -0.2) is 183 Å². The van der Waals surface area contributed by atoms with Gasteiger partial charge in [-0.25, -0.2) is 14.6 Å². The number of nitrogens with zero attached hydrogens (tertiary/aromatic N) is 5. The molecule has 2 aliphatic heterocycles. The molecular weight excluding hydrogens is 1130 g/mol. The summed E-state index contributed by atoms with van der Waals surface area (Å²) in [5.41, 5.74) is 11.3. The second-order valence-electron chi connectivity index (χ2n) is 19.8. The highest BCUT2D eigenvalue weighted by molar-refractivity contribution is 8.77. The van der Waals surface area contributed by atoms with E-state index in [9.17, 15) is 24.3 Å². The number of pyridine rings is 2. The number of benzene rings is 2. The first kappa shape index (κ1) is 67.5. The average molecular weight is 1210 g/mol. The summed E-state index contributed by atoms with van der Waals surface area (Å²) in [5.74, 6) is -0.189. The van der Waals surface area contributed by atoms with Crippen LogP contribution < -0.4 is 20.9 Å². The van der Waals surface area contributed by atoms with Crippen LogP contribution in [0.4, 0.5) is 4.79 Å². The van der Waals surface area contributed by atoms with Crippen molar-refractivity contribution in [1.82, 2.24) is 20.2 Å². The number of fused-ring (bicyclic) bond motifs is 5. The van der Waals surface area contributed by atoms with Gasteiger partial charge in [0.2, 0.25) is 5.91 Å². The van der Waals surface area contributed by atoms with E-state index in [0.29, 0.717) is 182 Å². The van der Waals surface area contributed by atoms with Gasteiger partial charge in [-0.1, -0.05) is 52.7 Å². The quantitative estimate of drug-likeness (QED) is 0.00900. The normalized spacial score (nSPS) is 14.4. The molecule has 0 saturated carbocycles. The lowest BCUT2D eigenvalue weighted by atomic mass is 9.86. The Labute approximate surface area is 497 Å². The van der Waals surface area contributed by atoms with Gasteiger partial charge in [0.25, 0.3) is 5.56 Å². The molecule has 4 heterocycles. The number of cyclic esters (lactones) is 1. The number of ether oxygens (including phenoxy) is 12. The molecule has 6 rings (SSSR count). The van der Waals surface area contributed by atoms with E-state index in [1.54, 1.807) is 39.1 Å². The fraction of sp³-hybridized carbons (Fsp3) is 0.603. The number of aryl methyl sites for hydroxylation is 1. The molecule has 0 bridgehead atoms. The molecule has 84 heavy (non-hydrogen) atoms. The number of alkyl carbamates (subject to hydrolysis) is 1. The van der Waals surface area contributed by atoms with Crippen molar-refractivity contribution in [3.63, 3.8) is 0 Å². The zero-order chi connectivity index (χ0) is 59.8. The predicted molar refractivity (Wildman–Crippen MR) is 315 cm³/mol. The van der Waals surface area contributed by atoms with Crippen molar-refractivity contribution in [1.29, 1.82) is 0 Å². The lowest BCUT2D eigenvalue weighted by Crippen LogP contribution is -2.44. The van der Waals surface area contributed by atoms with Crippen LogP contribution in [0.15, 0.2) is 63.3 Å². The third kappa shape index (κ3) is 22.0. The fourth-order valence-corrected chi connectivity index (χ4v) is 10.9. The second-order valence-corrected chi connectivity index (χ2v) is 22.7. The van der Waals surface area contributed by atoms with Gasteiger partial charge in [-0.05, 0) is 86.2 Å². The van der Waals surface area contributed by atoms with Crippen molar-refractivity contribution in [2.75, 3.05) is 145 Å². The molecule has 0 radical (unpaired) electrons. The Morgan fingerprint density at radius 1 is 0.774 bits per heavy atom. The third-order valence-electron chi connectivity index (χ3n) is 13.2. The van der Waals surface area contributed by atoms with Gasteiger partial charge in [-0.15, -0.1) is 0 Å². The minimum absolute atomic E-state index is 0.0730. The number of nitrogens with one attached hydrogen (secondary N) is 2. The number of rotatable bonds is 44. The Morgan fingerprint density at radius 3 is 1.93 bits per heavy atom. The monoisotopic (exact) mass is 1210 g/mol. The molecule has 26 heteroatoms. The SMILES string of the molecule is CCc1c2c(nc3ccc(OCCCNC(=O)OCc4ccc(SSC(C)(C)CNC(=O)CCOCCOCCOCCOCCOCCOCCOCCOCCOCCN=[N+]=[N-])cc4)cc13)-c1cc3c(c(=O)n1C2)COC(=O)[C@]3(O)CC. The number of esters is 1. The maximum Gasteiger partial charge on any atom is 0.407 e. The number of hydrogen-bond donors (Lipinski definition) is 3. The van der Waals surface area contributed by atoms with Crippen LogP contribution in [0.5, 0.6) is 5.75 Å². The highest BCUT2D eigenvalue weighted by Gasteiger charge is 2.45. The first-order valence-corrected chi connectivity index (χ1v) is 30.6. The average Bonchev–Trinajstić information content (AvgIpc) is 2.34. The maximum absolute atomic E-state index is 13.7. The molecule has 1 atom stereocenters. The van der Waals surface area contributed by atoms with Crippen molar-refractivity contribution in [2.45, 2.75) is 88.4 Å². The molecule has 4 aromatic rings. The standard InChI is InChI=1S/C58H81N7O17S2/c1-5-45-46-36-43(10-13-50(46)63-53-47(45)38-65-51(53)37-49-48(54(65)67)40-81-55(68)58(49,70)6-2)80-17-7-15-60-56(69)82-39-42-8-11-44(12-9-42)83-84-57(3,4)41-61-52(66)14-18-71-20-22-73-24-26-75-28-30-77-32-34-79-35-33-78-31-29-76-27-25-74-23-21-72-19-16-62-64-59/h8-13,36-37,70H,5-7,14-35,38-41H2,1-4H3,(H,60,69)(H,61,66)/t58-/m0/s1. The van der Waals surface area contributed by atoms with Crippen molar-refractivity contribution >= 4 is 50.5 Å². The van der Waals surface area contributed by atoms with Crippen molar-refractivity contribution < 1.29 is 76.3 Å². The Kier molecular flexibility index (Phi) is 29.8. The highest BCUT2D eigenvalue weighted by Crippen LogP contribution is 2.42. The van der Waals surface area contributed by atoms with Crippen LogP contribution in [0.25, 0.3) is 32.7 Å². The molecule has 3 N–H and O–H groups in total. The number of aromatic nitrogens is 2. The molecule has 0 aliphatic carbocycles. The zero-order valence-corrected chi connectivity index (χ0v) is 50.3. The Balaban J connectivity index is 0.716. The Morgan fingerprint density at radius 2 is 1.36 bits per heavy atom. The van der Waals surface area contributed by atoms with Crippen LogP contribution >= 0.6 is 21.6 Å². The fourth-order valence-electron chi connectivity index (χ4n) is 8.69. The number of hydrogen-bond acceptors (Lipinski definition) is 21. The lowest BCUT2D eigenvalue weighted by molar-refractivity contribution is -0.172. The topological polar surface area (TPSA) is 290 Å². The van der Waals surface area contributed by atoms with Gasteiger partial charge in [-0.2, -0.15) is 0 Å². The first-order valence-electron chi connectivity index (χ1n) is 28.4. The van der Waals surface area contributed by atoms with Gasteiger partial charge in [0.15, 0.2) is 5.60 Å². The molecule has 24 nitrogen and oxygen atoms in total. The van der Waals surface area contributed by atoms with E-state index in [0.717, 1.165) is 32.5 Å². The van der Waals surface area contributed by atoms with Crippen LogP contribution in [-0.2, 0) is 93.5 Å². The summed E-state index contributed by atoms with van der Waals surface area (Å²) in [7, 11) is 3.26. The van der Waals surface area contributed by atoms with E-state index in [1.807, 2.05) is 42.5 Å². The summed E-state index contributed by atoms with van der Waals surface area (Å²) in [6.45, 7) is 17.4. The number of carbonyl (C=O) groups excluding carboxylic acids is 3. The van der Waals surface area contributed by atoms with E-state index in [-0.39, 0.29) is 53.4 Å². The van der Waals surface area contributed by atoms with Crippen LogP contribution in [0.3, 0.4) is 0 Å². The largest absolute Gasteiger partial charge is 0.494 e. The van der Waals surface area contributed by atoms with E-state index in [2.05, 4.69) is 41.4 Å².